The van der Waals surface area contributed by atoms with Gasteiger partial charge in [0, 0.05) is 5.56 Å². The molecule has 0 saturated carbocycles. The third kappa shape index (κ3) is 4.21. The molecule has 0 aliphatic rings. The van der Waals surface area contributed by atoms with Crippen LogP contribution in [0.2, 0.25) is 0 Å². The first kappa shape index (κ1) is 14.3. The van der Waals surface area contributed by atoms with Crippen LogP contribution in [0.1, 0.15) is 16.1 Å². The number of hydrogen-bond donors (Lipinski definition) is 2. The third-order valence-corrected chi connectivity index (χ3v) is 2.58. The zero-order valence-corrected chi connectivity index (χ0v) is 11.0. The predicted molar refractivity (Wildman–Crippen MR) is 77.4 cm³/mol. The van der Waals surface area contributed by atoms with Gasteiger partial charge in [-0.3, -0.25) is 4.79 Å². The predicted octanol–water partition coefficient (Wildman–Crippen LogP) is 2.69. The molecule has 0 aliphatic carbocycles. The molecule has 1 aromatic heterocycles. The van der Waals surface area contributed by atoms with E-state index < -0.39 is 11.9 Å². The van der Waals surface area contributed by atoms with E-state index in [-0.39, 0.29) is 5.70 Å². The molecule has 2 aromatic rings. The second-order valence-electron chi connectivity index (χ2n) is 4.08. The van der Waals surface area contributed by atoms with Crippen LogP contribution in [0.3, 0.4) is 0 Å². The normalized spacial score (nSPS) is 11.5. The number of hydrogen-bond acceptors (Lipinski definition) is 3. The Morgan fingerprint density at radius 2 is 1.86 bits per heavy atom. The minimum atomic E-state index is -1.22. The molecule has 5 nitrogen and oxygen atoms in total. The Morgan fingerprint density at radius 3 is 2.48 bits per heavy atom. The fourth-order valence-electron chi connectivity index (χ4n) is 1.58. The molecular formula is C16H13NO4. The van der Waals surface area contributed by atoms with Crippen LogP contribution in [0.25, 0.3) is 6.08 Å². The number of carboxylic acids is 1. The van der Waals surface area contributed by atoms with Crippen molar-refractivity contribution >= 4 is 18.0 Å². The Hall–Kier alpha value is -3.08. The molecule has 0 bridgehead atoms. The second kappa shape index (κ2) is 6.91. The van der Waals surface area contributed by atoms with Gasteiger partial charge in [0.2, 0.25) is 0 Å². The van der Waals surface area contributed by atoms with Crippen LogP contribution in [-0.4, -0.2) is 17.0 Å². The molecule has 2 rings (SSSR count). The summed E-state index contributed by atoms with van der Waals surface area (Å²) in [5.41, 5.74) is 0.173. The van der Waals surface area contributed by atoms with Crippen molar-refractivity contribution < 1.29 is 19.1 Å². The van der Waals surface area contributed by atoms with Crippen molar-refractivity contribution in [3.63, 3.8) is 0 Å². The van der Waals surface area contributed by atoms with Crippen molar-refractivity contribution in [1.29, 1.82) is 0 Å². The molecule has 0 saturated heterocycles. The lowest BCUT2D eigenvalue weighted by atomic mass is 10.2. The van der Waals surface area contributed by atoms with E-state index in [0.717, 1.165) is 0 Å². The number of carbonyl (C=O) groups is 2. The number of allylic oxidation sites excluding steroid dienone is 2. The second-order valence-corrected chi connectivity index (χ2v) is 4.08. The number of furan rings is 1. The standard InChI is InChI=1S/C16H13NO4/c18-15(12-6-2-1-3-7-12)17-14(16(19)20)10-4-8-13-9-5-11-21-13/h1-11H,(H,17,18)(H,19,20). The average molecular weight is 283 g/mol. The van der Waals surface area contributed by atoms with Gasteiger partial charge in [-0.1, -0.05) is 24.3 Å². The van der Waals surface area contributed by atoms with Crippen molar-refractivity contribution in [1.82, 2.24) is 5.32 Å². The quantitative estimate of drug-likeness (QED) is 0.653. The average Bonchev–Trinajstić information content (AvgIpc) is 3.00. The fraction of sp³-hybridized carbons (Fsp3) is 0. The molecule has 0 spiro atoms. The topological polar surface area (TPSA) is 79.5 Å². The highest BCUT2D eigenvalue weighted by Crippen LogP contribution is 2.04. The van der Waals surface area contributed by atoms with E-state index in [1.54, 1.807) is 48.5 Å². The van der Waals surface area contributed by atoms with Crippen LogP contribution >= 0.6 is 0 Å². The summed E-state index contributed by atoms with van der Waals surface area (Å²) < 4.78 is 5.08. The molecule has 0 unspecified atom stereocenters. The molecule has 0 fully saturated rings. The first-order valence-corrected chi connectivity index (χ1v) is 6.18. The fourth-order valence-corrected chi connectivity index (χ4v) is 1.58. The lowest BCUT2D eigenvalue weighted by Crippen LogP contribution is -2.27. The van der Waals surface area contributed by atoms with E-state index in [0.29, 0.717) is 11.3 Å². The molecular weight excluding hydrogens is 270 g/mol. The summed E-state index contributed by atoms with van der Waals surface area (Å²) in [5.74, 6) is -1.11. The highest BCUT2D eigenvalue weighted by molar-refractivity contribution is 6.00. The molecule has 5 heteroatoms. The van der Waals surface area contributed by atoms with Gasteiger partial charge < -0.3 is 14.8 Å². The van der Waals surface area contributed by atoms with Gasteiger partial charge in [-0.25, -0.2) is 4.79 Å². The molecule has 106 valence electrons. The number of benzene rings is 1. The van der Waals surface area contributed by atoms with E-state index in [9.17, 15) is 9.59 Å². The van der Waals surface area contributed by atoms with Gasteiger partial charge in [0.1, 0.15) is 11.5 Å². The maximum absolute atomic E-state index is 11.9. The lowest BCUT2D eigenvalue weighted by Gasteiger charge is -2.04. The maximum atomic E-state index is 11.9. The summed E-state index contributed by atoms with van der Waals surface area (Å²) >= 11 is 0. The highest BCUT2D eigenvalue weighted by Gasteiger charge is 2.11. The number of carboxylic acid groups (broad SMARTS) is 1. The maximum Gasteiger partial charge on any atom is 0.352 e. The molecule has 0 aliphatic heterocycles. The van der Waals surface area contributed by atoms with Crippen molar-refractivity contribution in [3.8, 4) is 0 Å². The van der Waals surface area contributed by atoms with Gasteiger partial charge in [-0.2, -0.15) is 0 Å². The minimum absolute atomic E-state index is 0.216. The van der Waals surface area contributed by atoms with Crippen molar-refractivity contribution in [2.24, 2.45) is 0 Å². The summed E-state index contributed by atoms with van der Waals surface area (Å²) in [6, 6.07) is 11.8. The Kier molecular flexibility index (Phi) is 4.71. The smallest absolute Gasteiger partial charge is 0.352 e. The van der Waals surface area contributed by atoms with Gasteiger partial charge in [0.05, 0.1) is 6.26 Å². The van der Waals surface area contributed by atoms with Crippen LogP contribution in [0.5, 0.6) is 0 Å². The Labute approximate surface area is 121 Å². The van der Waals surface area contributed by atoms with E-state index in [1.807, 2.05) is 0 Å². The van der Waals surface area contributed by atoms with Gasteiger partial charge in [-0.15, -0.1) is 0 Å². The van der Waals surface area contributed by atoms with Crippen molar-refractivity contribution in [2.75, 3.05) is 0 Å². The number of amides is 1. The number of nitrogens with one attached hydrogen (secondary N) is 1. The van der Waals surface area contributed by atoms with Crippen LogP contribution < -0.4 is 5.32 Å². The van der Waals surface area contributed by atoms with Gasteiger partial charge >= 0.3 is 5.97 Å². The highest BCUT2D eigenvalue weighted by atomic mass is 16.4. The molecule has 1 amide bonds. The van der Waals surface area contributed by atoms with Crippen LogP contribution in [0.4, 0.5) is 0 Å². The summed E-state index contributed by atoms with van der Waals surface area (Å²) in [5, 5.41) is 11.4. The molecule has 0 atom stereocenters. The Balaban J connectivity index is 2.09. The lowest BCUT2D eigenvalue weighted by molar-refractivity contribution is -0.133. The van der Waals surface area contributed by atoms with E-state index >= 15 is 0 Å². The first-order chi connectivity index (χ1) is 10.2. The SMILES string of the molecule is O=C(O)C(=CC=Cc1ccco1)NC(=O)c1ccccc1. The van der Waals surface area contributed by atoms with Gasteiger partial charge in [0.15, 0.2) is 0 Å². The molecule has 0 radical (unpaired) electrons. The molecule has 21 heavy (non-hydrogen) atoms. The summed E-state index contributed by atoms with van der Waals surface area (Å²) in [6.07, 6.45) is 5.90. The number of carbonyl (C=O) groups excluding carboxylic acids is 1. The minimum Gasteiger partial charge on any atom is -0.477 e. The van der Waals surface area contributed by atoms with Crippen molar-refractivity contribution in [3.05, 3.63) is 77.9 Å². The van der Waals surface area contributed by atoms with E-state index in [1.165, 1.54) is 18.4 Å². The van der Waals surface area contributed by atoms with E-state index in [4.69, 9.17) is 9.52 Å². The zero-order valence-electron chi connectivity index (χ0n) is 11.0. The number of aliphatic carboxylic acids is 1. The van der Waals surface area contributed by atoms with E-state index in [2.05, 4.69) is 5.32 Å². The van der Waals surface area contributed by atoms with Crippen LogP contribution in [-0.2, 0) is 4.79 Å². The zero-order chi connectivity index (χ0) is 15.1. The monoisotopic (exact) mass is 283 g/mol. The first-order valence-electron chi connectivity index (χ1n) is 6.18. The molecule has 1 heterocycles. The summed E-state index contributed by atoms with van der Waals surface area (Å²) in [4.78, 5) is 23.0. The summed E-state index contributed by atoms with van der Waals surface area (Å²) in [7, 11) is 0. The number of rotatable bonds is 5. The van der Waals surface area contributed by atoms with Gasteiger partial charge in [0.25, 0.3) is 5.91 Å². The summed E-state index contributed by atoms with van der Waals surface area (Å²) in [6.45, 7) is 0. The molecule has 2 N–H and O–H groups in total. The Bertz CT molecular complexity index is 670. The Morgan fingerprint density at radius 1 is 1.10 bits per heavy atom. The largest absolute Gasteiger partial charge is 0.477 e. The van der Waals surface area contributed by atoms with Crippen molar-refractivity contribution in [2.45, 2.75) is 0 Å². The van der Waals surface area contributed by atoms with Crippen LogP contribution in [0.15, 0.2) is 71.0 Å². The van der Waals surface area contributed by atoms with Gasteiger partial charge in [-0.05, 0) is 36.4 Å². The third-order valence-electron chi connectivity index (χ3n) is 2.58. The van der Waals surface area contributed by atoms with Crippen LogP contribution in [0, 0.1) is 0 Å². The molecule has 1 aromatic carbocycles.